The third-order valence-corrected chi connectivity index (χ3v) is 0. The van der Waals surface area contributed by atoms with Crippen molar-refractivity contribution in [1.82, 2.24) is 0 Å². The van der Waals surface area contributed by atoms with Gasteiger partial charge in [0.1, 0.15) is 0 Å². The van der Waals surface area contributed by atoms with Crippen molar-refractivity contribution >= 4 is 90.7 Å². The zero-order valence-corrected chi connectivity index (χ0v) is 13.0. The van der Waals surface area contributed by atoms with Gasteiger partial charge < -0.3 is 28.7 Å². The van der Waals surface area contributed by atoms with Gasteiger partial charge in [-0.25, -0.2) is 0 Å². The Labute approximate surface area is 138 Å². The minimum atomic E-state index is -4.14. The first-order valence-corrected chi connectivity index (χ1v) is 5.97. The number of hydrogen-bond acceptors (Lipinski definition) is 6. The molecule has 0 rings (SSSR count). The maximum Gasteiger partial charge on any atom is 2.00 e. The summed E-state index contributed by atoms with van der Waals surface area (Å²) in [5.41, 5.74) is 0. The van der Waals surface area contributed by atoms with E-state index in [1.54, 1.807) is 0 Å². The Bertz CT molecular complexity index is 136. The van der Waals surface area contributed by atoms with Crippen LogP contribution in [-0.2, 0) is 9.13 Å². The van der Waals surface area contributed by atoms with E-state index in [2.05, 4.69) is 0 Å². The van der Waals surface area contributed by atoms with Gasteiger partial charge in [0.15, 0.2) is 0 Å². The minimum absolute atomic E-state index is 0. The molecule has 0 aromatic rings. The van der Waals surface area contributed by atoms with Crippen molar-refractivity contribution in [2.24, 2.45) is 0 Å². The van der Waals surface area contributed by atoms with Crippen molar-refractivity contribution in [3.63, 3.8) is 0 Å². The van der Waals surface area contributed by atoms with E-state index in [-0.39, 0.29) is 82.9 Å². The normalized spacial score (nSPS) is 9.08. The second kappa shape index (κ2) is 12.9. The molecule has 0 aromatic heterocycles. The van der Waals surface area contributed by atoms with Crippen LogP contribution < -0.4 is 19.6 Å². The molecule has 0 aliphatic rings. The van der Waals surface area contributed by atoms with E-state index in [0.29, 0.717) is 13.3 Å². The fraction of sp³-hybridized carbons (Fsp3) is 1.00. The fourth-order valence-corrected chi connectivity index (χ4v) is 0. The molecule has 0 fully saturated rings. The predicted molar refractivity (Wildman–Crippen MR) is 45.3 cm³/mol. The van der Waals surface area contributed by atoms with Crippen LogP contribution in [0, 0.1) is 0 Å². The van der Waals surface area contributed by atoms with E-state index in [1.807, 2.05) is 0 Å². The maximum atomic E-state index is 9.10. The van der Waals surface area contributed by atoms with Gasteiger partial charge in [-0.15, -0.1) is 0 Å². The second-order valence-corrected chi connectivity index (χ2v) is 4.63. The van der Waals surface area contributed by atoms with E-state index in [1.165, 1.54) is 0 Å². The van der Waals surface area contributed by atoms with Crippen LogP contribution in [0.5, 0.6) is 0 Å². The molecule has 0 saturated heterocycles. The first-order chi connectivity index (χ1) is 4.00. The summed E-state index contributed by atoms with van der Waals surface area (Å²) in [6, 6.07) is 0. The zero-order valence-electron chi connectivity index (χ0n) is 6.76. The Hall–Kier alpha value is 2.82. The molecule has 0 atom stereocenters. The van der Waals surface area contributed by atoms with Crippen LogP contribution in [0.15, 0.2) is 0 Å². The van der Waals surface area contributed by atoms with Crippen LogP contribution in [0.25, 0.3) is 0 Å². The molecule has 0 N–H and O–H groups in total. The van der Waals surface area contributed by atoms with Crippen molar-refractivity contribution in [2.75, 3.05) is 13.3 Å². The van der Waals surface area contributed by atoms with Gasteiger partial charge in [0, 0.05) is 0 Å². The van der Waals surface area contributed by atoms with Gasteiger partial charge in [0.05, 0.1) is 0 Å². The third kappa shape index (κ3) is 306. The molecular weight excluding hydrogens is 274 g/mol. The van der Waals surface area contributed by atoms with E-state index < -0.39 is 15.2 Å². The summed E-state index contributed by atoms with van der Waals surface area (Å²) in [6.07, 6.45) is 0. The molecule has 0 aliphatic carbocycles. The number of hydrogen-bond donors (Lipinski definition) is 0. The molecular formula is C3H10Ca2O6P2. The smallest absolute Gasteiger partial charge is 0.811 e. The molecule has 0 spiro atoms. The quantitative estimate of drug-likeness (QED) is 0.343. The first-order valence-electron chi connectivity index (χ1n) is 1.99. The molecule has 72 valence electrons. The average Bonchev–Trinajstić information content (AvgIpc) is 1.12. The summed E-state index contributed by atoms with van der Waals surface area (Å²) < 4.78 is 18.2. The third-order valence-electron chi connectivity index (χ3n) is 0. The predicted octanol–water partition coefficient (Wildman–Crippen LogP) is -3.07. The van der Waals surface area contributed by atoms with Crippen LogP contribution in [0.4, 0.5) is 0 Å². The van der Waals surface area contributed by atoms with Crippen LogP contribution in [0.2, 0.25) is 0 Å². The molecule has 0 radical (unpaired) electrons. The monoisotopic (exact) mass is 284 g/mol. The fourth-order valence-electron chi connectivity index (χ4n) is 0. The van der Waals surface area contributed by atoms with E-state index >= 15 is 0 Å². The second-order valence-electron chi connectivity index (χ2n) is 1.54. The van der Waals surface area contributed by atoms with Gasteiger partial charge in [-0.3, -0.25) is 0 Å². The Morgan fingerprint density at radius 1 is 0.769 bits per heavy atom. The summed E-state index contributed by atoms with van der Waals surface area (Å²) in [5.74, 6) is 0. The maximum absolute atomic E-state index is 9.10. The van der Waals surface area contributed by atoms with Gasteiger partial charge in [-0.1, -0.05) is 22.6 Å². The molecule has 0 aromatic carbocycles. The molecule has 0 amide bonds. The largest absolute Gasteiger partial charge is 2.00 e. The molecule has 13 heavy (non-hydrogen) atoms. The Morgan fingerprint density at radius 3 is 0.769 bits per heavy atom. The summed E-state index contributed by atoms with van der Waals surface area (Å²) in [5, 5.41) is 0. The zero-order chi connectivity index (χ0) is 9.00. The topological polar surface area (TPSA) is 126 Å². The molecule has 0 bridgehead atoms. The van der Waals surface area contributed by atoms with E-state index in [4.69, 9.17) is 28.7 Å². The van der Waals surface area contributed by atoms with E-state index in [9.17, 15) is 0 Å². The number of rotatable bonds is 0. The van der Waals surface area contributed by atoms with Crippen molar-refractivity contribution in [2.45, 2.75) is 7.43 Å². The molecule has 0 aliphatic heterocycles. The van der Waals surface area contributed by atoms with Crippen molar-refractivity contribution in [3.8, 4) is 0 Å². The minimum Gasteiger partial charge on any atom is -0.811 e. The first kappa shape index (κ1) is 29.7. The molecule has 6 nitrogen and oxygen atoms in total. The molecule has 10 heteroatoms. The summed E-state index contributed by atoms with van der Waals surface area (Å²) in [4.78, 5) is 36.4. The van der Waals surface area contributed by atoms with Gasteiger partial charge in [-0.2, -0.15) is 0 Å². The summed E-state index contributed by atoms with van der Waals surface area (Å²) in [6.45, 7) is 1.26. The molecule has 0 unspecified atom stereocenters. The van der Waals surface area contributed by atoms with E-state index in [0.717, 1.165) is 0 Å². The Balaban J connectivity index is -0.0000000267. The van der Waals surface area contributed by atoms with Crippen LogP contribution in [0.3, 0.4) is 0 Å². The van der Waals surface area contributed by atoms with Gasteiger partial charge in [0.25, 0.3) is 0 Å². The van der Waals surface area contributed by atoms with Gasteiger partial charge in [-0.05, 0) is 13.3 Å². The van der Waals surface area contributed by atoms with Crippen LogP contribution in [-0.4, -0.2) is 88.8 Å². The van der Waals surface area contributed by atoms with Crippen LogP contribution >= 0.6 is 15.2 Å². The summed E-state index contributed by atoms with van der Waals surface area (Å²) >= 11 is 0. The van der Waals surface area contributed by atoms with Gasteiger partial charge >= 0.3 is 75.5 Å². The van der Waals surface area contributed by atoms with Gasteiger partial charge in [0.2, 0.25) is 0 Å². The van der Waals surface area contributed by atoms with Crippen LogP contribution in [0.1, 0.15) is 7.43 Å². The van der Waals surface area contributed by atoms with Crippen molar-refractivity contribution < 1.29 is 28.7 Å². The SMILES string of the molecule is C.CP(=O)([O-])[O-].CP(=O)([O-])[O-].[Ca+2].[Ca+2]. The van der Waals surface area contributed by atoms with Crippen molar-refractivity contribution in [1.29, 1.82) is 0 Å². The standard InChI is InChI=1S/2CH5O3P.CH4.2Ca/c2*1-5(2,3)4;;;/h2*1H3,(H2,2,3,4);1H4;;/q;;;2*+2/p-4. The Morgan fingerprint density at radius 2 is 0.769 bits per heavy atom. The Kier molecular flexibility index (Phi) is 29.4. The summed E-state index contributed by atoms with van der Waals surface area (Å²) in [7, 11) is -8.28. The molecule has 0 heterocycles. The molecule has 0 saturated carbocycles. The average molecular weight is 284 g/mol. The van der Waals surface area contributed by atoms with Crippen molar-refractivity contribution in [3.05, 3.63) is 0 Å².